The molecule has 0 bridgehead atoms. The number of halogens is 3. The van der Waals surface area contributed by atoms with Gasteiger partial charge in [0, 0.05) is 24.7 Å². The summed E-state index contributed by atoms with van der Waals surface area (Å²) in [5.41, 5.74) is 8.01. The molecule has 0 aliphatic heterocycles. The van der Waals surface area contributed by atoms with Crippen LogP contribution in [0, 0.1) is 0 Å². The van der Waals surface area contributed by atoms with Crippen LogP contribution in [0.25, 0.3) is 5.65 Å². The Labute approximate surface area is 131 Å². The summed E-state index contributed by atoms with van der Waals surface area (Å²) in [7, 11) is 0. The smallest absolute Gasteiger partial charge is 0.330 e. The number of rotatable bonds is 4. The molecule has 2 aromatic heterocycles. The molecule has 0 fully saturated rings. The van der Waals surface area contributed by atoms with Crippen LogP contribution in [0.3, 0.4) is 0 Å². The van der Waals surface area contributed by atoms with Crippen molar-refractivity contribution in [1.82, 2.24) is 9.38 Å². The van der Waals surface area contributed by atoms with Crippen molar-refractivity contribution in [3.05, 3.63) is 71.2 Å². The summed E-state index contributed by atoms with van der Waals surface area (Å²) in [6.45, 7) is 0.353. The zero-order valence-electron chi connectivity index (χ0n) is 12.3. The van der Waals surface area contributed by atoms with Crippen LogP contribution in [-0.2, 0) is 19.0 Å². The van der Waals surface area contributed by atoms with Gasteiger partial charge in [-0.15, -0.1) is 0 Å². The van der Waals surface area contributed by atoms with Crippen LogP contribution in [0.5, 0.6) is 0 Å². The van der Waals surface area contributed by atoms with Gasteiger partial charge in [0.05, 0.1) is 11.3 Å². The Morgan fingerprint density at radius 3 is 2.43 bits per heavy atom. The number of imidazole rings is 1. The zero-order chi connectivity index (χ0) is 16.4. The van der Waals surface area contributed by atoms with Gasteiger partial charge in [0.25, 0.3) is 0 Å². The number of hydrogen-bond donors (Lipinski definition) is 1. The summed E-state index contributed by atoms with van der Waals surface area (Å²) < 4.78 is 40.3. The predicted octanol–water partition coefficient (Wildman–Crippen LogP) is 3.45. The van der Waals surface area contributed by atoms with Gasteiger partial charge in [-0.05, 0) is 24.2 Å². The standard InChI is InChI=1S/C17H16F3N3/c18-17(19,20)13-6-7-16-22-14(10-12-4-2-1-3-5-12)15(8-9-21)23(16)11-13/h1-7,11H,8-10,21H2. The molecule has 1 aromatic carbocycles. The van der Waals surface area contributed by atoms with Crippen molar-refractivity contribution in [2.24, 2.45) is 5.73 Å². The second-order valence-corrected chi connectivity index (χ2v) is 5.35. The molecule has 0 saturated heterocycles. The van der Waals surface area contributed by atoms with Crippen LogP contribution in [0.2, 0.25) is 0 Å². The molecule has 3 nitrogen and oxygen atoms in total. The Morgan fingerprint density at radius 1 is 1.04 bits per heavy atom. The SMILES string of the molecule is NCCc1c(Cc2ccccc2)nc2ccc(C(F)(F)F)cn12. The second kappa shape index (κ2) is 6.04. The third-order valence-corrected chi connectivity index (χ3v) is 3.72. The first-order valence-electron chi connectivity index (χ1n) is 7.30. The Hall–Kier alpha value is -2.34. The summed E-state index contributed by atoms with van der Waals surface area (Å²) in [6.07, 6.45) is -2.23. The lowest BCUT2D eigenvalue weighted by Gasteiger charge is -2.08. The van der Waals surface area contributed by atoms with Crippen molar-refractivity contribution in [3.63, 3.8) is 0 Å². The maximum absolute atomic E-state index is 12.9. The molecule has 0 spiro atoms. The average Bonchev–Trinajstić information content (AvgIpc) is 2.85. The second-order valence-electron chi connectivity index (χ2n) is 5.35. The minimum absolute atomic E-state index is 0.353. The minimum Gasteiger partial charge on any atom is -0.330 e. The van der Waals surface area contributed by atoms with Gasteiger partial charge in [0.1, 0.15) is 5.65 Å². The van der Waals surface area contributed by atoms with Gasteiger partial charge in [-0.3, -0.25) is 0 Å². The number of benzene rings is 1. The highest BCUT2D eigenvalue weighted by Gasteiger charge is 2.31. The van der Waals surface area contributed by atoms with Gasteiger partial charge in [-0.2, -0.15) is 13.2 Å². The molecule has 0 saturated carbocycles. The molecule has 0 amide bonds. The van der Waals surface area contributed by atoms with E-state index < -0.39 is 11.7 Å². The third kappa shape index (κ3) is 3.22. The van der Waals surface area contributed by atoms with Crippen molar-refractivity contribution < 1.29 is 13.2 Å². The summed E-state index contributed by atoms with van der Waals surface area (Å²) in [5, 5.41) is 0. The molecule has 120 valence electrons. The molecule has 2 heterocycles. The third-order valence-electron chi connectivity index (χ3n) is 3.72. The van der Waals surface area contributed by atoms with Crippen LogP contribution in [0.15, 0.2) is 48.7 Å². The molecule has 0 aliphatic rings. The van der Waals surface area contributed by atoms with Crippen molar-refractivity contribution in [2.45, 2.75) is 19.0 Å². The number of hydrogen-bond acceptors (Lipinski definition) is 2. The zero-order valence-corrected chi connectivity index (χ0v) is 12.3. The number of nitrogens with two attached hydrogens (primary N) is 1. The fourth-order valence-corrected chi connectivity index (χ4v) is 2.64. The van der Waals surface area contributed by atoms with E-state index in [9.17, 15) is 13.2 Å². The largest absolute Gasteiger partial charge is 0.417 e. The highest BCUT2D eigenvalue weighted by Crippen LogP contribution is 2.30. The summed E-state index contributed by atoms with van der Waals surface area (Å²) in [5.74, 6) is 0. The van der Waals surface area contributed by atoms with Gasteiger partial charge in [-0.25, -0.2) is 4.98 Å². The van der Waals surface area contributed by atoms with Gasteiger partial charge in [0.2, 0.25) is 0 Å². The van der Waals surface area contributed by atoms with Crippen LogP contribution >= 0.6 is 0 Å². The van der Waals surface area contributed by atoms with Crippen molar-refractivity contribution in [2.75, 3.05) is 6.54 Å². The van der Waals surface area contributed by atoms with E-state index in [1.165, 1.54) is 10.5 Å². The van der Waals surface area contributed by atoms with E-state index in [0.29, 0.717) is 25.0 Å². The summed E-state index contributed by atoms with van der Waals surface area (Å²) >= 11 is 0. The van der Waals surface area contributed by atoms with E-state index in [4.69, 9.17) is 5.73 Å². The van der Waals surface area contributed by atoms with E-state index in [1.54, 1.807) is 0 Å². The molecule has 0 unspecified atom stereocenters. The highest BCUT2D eigenvalue weighted by atomic mass is 19.4. The lowest BCUT2D eigenvalue weighted by atomic mass is 10.1. The lowest BCUT2D eigenvalue weighted by Crippen LogP contribution is -2.10. The normalized spacial score (nSPS) is 12.0. The Morgan fingerprint density at radius 2 is 1.78 bits per heavy atom. The van der Waals surface area contributed by atoms with Crippen molar-refractivity contribution in [3.8, 4) is 0 Å². The van der Waals surface area contributed by atoms with Gasteiger partial charge >= 0.3 is 6.18 Å². The fraction of sp³-hybridized carbons (Fsp3) is 0.235. The molecule has 0 aliphatic carbocycles. The molecular weight excluding hydrogens is 303 g/mol. The minimum atomic E-state index is -4.38. The predicted molar refractivity (Wildman–Crippen MR) is 82.2 cm³/mol. The molecule has 23 heavy (non-hydrogen) atoms. The first kappa shape index (κ1) is 15.6. The molecule has 6 heteroatoms. The lowest BCUT2D eigenvalue weighted by molar-refractivity contribution is -0.137. The van der Waals surface area contributed by atoms with Gasteiger partial charge in [-0.1, -0.05) is 30.3 Å². The van der Waals surface area contributed by atoms with E-state index in [0.717, 1.165) is 29.2 Å². The van der Waals surface area contributed by atoms with Gasteiger partial charge in [0.15, 0.2) is 0 Å². The van der Waals surface area contributed by atoms with Crippen molar-refractivity contribution >= 4 is 5.65 Å². The molecule has 3 rings (SSSR count). The van der Waals surface area contributed by atoms with E-state index in [-0.39, 0.29) is 0 Å². The van der Waals surface area contributed by atoms with Crippen LogP contribution in [0.1, 0.15) is 22.5 Å². The maximum atomic E-state index is 12.9. The molecule has 0 radical (unpaired) electrons. The monoisotopic (exact) mass is 319 g/mol. The Kier molecular flexibility index (Phi) is 4.09. The van der Waals surface area contributed by atoms with E-state index in [1.807, 2.05) is 30.3 Å². The van der Waals surface area contributed by atoms with E-state index in [2.05, 4.69) is 4.98 Å². The van der Waals surface area contributed by atoms with Gasteiger partial charge < -0.3 is 10.1 Å². The molecule has 2 N–H and O–H groups in total. The summed E-state index contributed by atoms with van der Waals surface area (Å²) in [4.78, 5) is 4.49. The van der Waals surface area contributed by atoms with Crippen LogP contribution in [0.4, 0.5) is 13.2 Å². The number of aromatic nitrogens is 2. The molecule has 0 atom stereocenters. The van der Waals surface area contributed by atoms with Crippen LogP contribution in [-0.4, -0.2) is 15.9 Å². The average molecular weight is 319 g/mol. The molecule has 3 aromatic rings. The highest BCUT2D eigenvalue weighted by molar-refractivity contribution is 5.46. The van der Waals surface area contributed by atoms with Crippen LogP contribution < -0.4 is 5.73 Å². The number of alkyl halides is 3. The van der Waals surface area contributed by atoms with Crippen molar-refractivity contribution in [1.29, 1.82) is 0 Å². The number of pyridine rings is 1. The molecular formula is C17H16F3N3. The summed E-state index contributed by atoms with van der Waals surface area (Å²) in [6, 6.07) is 12.2. The quantitative estimate of drug-likeness (QED) is 0.800. The first-order chi connectivity index (χ1) is 11.0. The fourth-order valence-electron chi connectivity index (χ4n) is 2.64. The number of nitrogens with zero attached hydrogens (tertiary/aromatic N) is 2. The van der Waals surface area contributed by atoms with E-state index >= 15 is 0 Å². The first-order valence-corrected chi connectivity index (χ1v) is 7.30. The maximum Gasteiger partial charge on any atom is 0.417 e. The number of fused-ring (bicyclic) bond motifs is 1. The Bertz CT molecular complexity index is 807. The topological polar surface area (TPSA) is 43.3 Å². The Balaban J connectivity index is 2.09.